The quantitative estimate of drug-likeness (QED) is 0.632. The molecule has 3 fully saturated rings. The molecule has 5 heteroatoms. The molecule has 0 radical (unpaired) electrons. The van der Waals surface area contributed by atoms with Gasteiger partial charge in [-0.2, -0.15) is 0 Å². The van der Waals surface area contributed by atoms with Crippen LogP contribution in [-0.4, -0.2) is 17.7 Å². The third kappa shape index (κ3) is 2.44. The highest BCUT2D eigenvalue weighted by Crippen LogP contribution is 2.65. The maximum Gasteiger partial charge on any atom is 0.255 e. The Balaban J connectivity index is 1.28. The van der Waals surface area contributed by atoms with Crippen molar-refractivity contribution < 1.29 is 14.4 Å². The molecule has 1 heterocycles. The van der Waals surface area contributed by atoms with Crippen LogP contribution in [0.25, 0.3) is 0 Å². The van der Waals surface area contributed by atoms with Crippen molar-refractivity contribution in [1.82, 2.24) is 0 Å². The lowest BCUT2D eigenvalue weighted by atomic mass is 9.63. The van der Waals surface area contributed by atoms with E-state index in [1.54, 1.807) is 24.3 Å². The Bertz CT molecular complexity index is 1080. The van der Waals surface area contributed by atoms with Crippen LogP contribution < -0.4 is 10.2 Å². The topological polar surface area (TPSA) is 66.5 Å². The molecule has 0 aromatic heterocycles. The van der Waals surface area contributed by atoms with Crippen molar-refractivity contribution in [2.75, 3.05) is 10.2 Å². The average molecular weight is 398 g/mol. The fourth-order valence-electron chi connectivity index (χ4n) is 5.84. The second kappa shape index (κ2) is 6.14. The van der Waals surface area contributed by atoms with Crippen LogP contribution in [0.5, 0.6) is 0 Å². The van der Waals surface area contributed by atoms with Gasteiger partial charge >= 0.3 is 0 Å². The minimum Gasteiger partial charge on any atom is -0.322 e. The number of nitrogens with zero attached hydrogens (tertiary/aromatic N) is 1. The first-order valence-corrected chi connectivity index (χ1v) is 10.6. The van der Waals surface area contributed by atoms with Crippen LogP contribution in [0.15, 0.2) is 60.7 Å². The Morgan fingerprint density at radius 2 is 1.57 bits per heavy atom. The van der Waals surface area contributed by atoms with E-state index in [0.29, 0.717) is 28.8 Å². The summed E-state index contributed by atoms with van der Waals surface area (Å²) >= 11 is 0. The summed E-state index contributed by atoms with van der Waals surface area (Å²) in [6.07, 6.45) is 5.48. The third-order valence-electron chi connectivity index (χ3n) is 7.34. The summed E-state index contributed by atoms with van der Waals surface area (Å²) in [5.74, 6) is 0.590. The van der Waals surface area contributed by atoms with E-state index in [9.17, 15) is 14.4 Å². The van der Waals surface area contributed by atoms with Crippen molar-refractivity contribution in [2.45, 2.75) is 13.3 Å². The molecule has 30 heavy (non-hydrogen) atoms. The highest BCUT2D eigenvalue weighted by Gasteiger charge is 2.67. The summed E-state index contributed by atoms with van der Waals surface area (Å²) in [5, 5.41) is 2.87. The molecule has 3 amide bonds. The number of carbonyl (C=O) groups excluding carboxylic acids is 3. The van der Waals surface area contributed by atoms with Crippen LogP contribution in [0.2, 0.25) is 0 Å². The number of hydrogen-bond acceptors (Lipinski definition) is 3. The molecule has 4 aliphatic carbocycles. The van der Waals surface area contributed by atoms with Gasteiger partial charge in [-0.1, -0.05) is 35.9 Å². The molecular formula is C25H22N2O3. The standard InChI is InChI=1S/C25H22N2O3/c1-13-5-7-15(8-6-13)26-23(28)14-3-2-4-16(11-14)27-24(29)21-17-9-10-18(20-12-19(17)20)22(21)25(27)30/h2-11,17-22H,12H2,1H3,(H,26,28)/t17-,18-,19-,20-,21+,22+/m1/s1. The number of amides is 3. The van der Waals surface area contributed by atoms with Crippen molar-refractivity contribution >= 4 is 29.1 Å². The average Bonchev–Trinajstić information content (AvgIpc) is 3.53. The molecule has 7 rings (SSSR count). The smallest absolute Gasteiger partial charge is 0.255 e. The van der Waals surface area contributed by atoms with Gasteiger partial charge in [0.1, 0.15) is 0 Å². The van der Waals surface area contributed by atoms with Crippen molar-refractivity contribution in [3.8, 4) is 0 Å². The van der Waals surface area contributed by atoms with E-state index in [0.717, 1.165) is 12.0 Å². The van der Waals surface area contributed by atoms with Crippen molar-refractivity contribution in [1.29, 1.82) is 0 Å². The first-order valence-electron chi connectivity index (χ1n) is 10.6. The van der Waals surface area contributed by atoms with Crippen molar-refractivity contribution in [3.05, 3.63) is 71.8 Å². The normalized spacial score (nSPS) is 32.8. The summed E-state index contributed by atoms with van der Waals surface area (Å²) in [4.78, 5) is 40.6. The van der Waals surface area contributed by atoms with E-state index in [1.807, 2.05) is 31.2 Å². The third-order valence-corrected chi connectivity index (χ3v) is 7.34. The van der Waals surface area contributed by atoms with Gasteiger partial charge in [0.05, 0.1) is 17.5 Å². The van der Waals surface area contributed by atoms with E-state index in [4.69, 9.17) is 0 Å². The number of aryl methyl sites for hydroxylation is 1. The zero-order valence-electron chi connectivity index (χ0n) is 16.6. The van der Waals surface area contributed by atoms with Crippen LogP contribution in [0.3, 0.4) is 0 Å². The number of imide groups is 1. The van der Waals surface area contributed by atoms with Gasteiger partial charge in [-0.05, 0) is 67.3 Å². The molecule has 0 unspecified atom stereocenters. The van der Waals surface area contributed by atoms with Crippen LogP contribution in [0.1, 0.15) is 22.3 Å². The van der Waals surface area contributed by atoms with E-state index in [-0.39, 0.29) is 41.4 Å². The van der Waals surface area contributed by atoms with E-state index in [2.05, 4.69) is 17.5 Å². The number of allylic oxidation sites excluding steroid dienone is 2. The fraction of sp³-hybridized carbons (Fsp3) is 0.320. The number of hydrogen-bond donors (Lipinski definition) is 1. The van der Waals surface area contributed by atoms with Gasteiger partial charge in [-0.25, -0.2) is 4.90 Å². The van der Waals surface area contributed by atoms with Gasteiger partial charge in [-0.15, -0.1) is 0 Å². The number of anilines is 2. The van der Waals surface area contributed by atoms with Crippen LogP contribution >= 0.6 is 0 Å². The Morgan fingerprint density at radius 3 is 2.20 bits per heavy atom. The molecule has 2 aromatic rings. The van der Waals surface area contributed by atoms with Crippen molar-refractivity contribution in [2.24, 2.45) is 35.5 Å². The zero-order valence-corrected chi connectivity index (χ0v) is 16.6. The summed E-state index contributed by atoms with van der Waals surface area (Å²) in [6, 6.07) is 14.4. The minimum absolute atomic E-state index is 0.106. The largest absolute Gasteiger partial charge is 0.322 e. The minimum atomic E-state index is -0.264. The lowest BCUT2D eigenvalue weighted by molar-refractivity contribution is -0.124. The number of carbonyl (C=O) groups is 3. The summed E-state index contributed by atoms with van der Waals surface area (Å²) in [6.45, 7) is 1.99. The predicted molar refractivity (Wildman–Crippen MR) is 113 cm³/mol. The second-order valence-electron chi connectivity index (χ2n) is 9.04. The van der Waals surface area contributed by atoms with Crippen LogP contribution in [-0.2, 0) is 9.59 Å². The lowest BCUT2D eigenvalue weighted by Gasteiger charge is -2.37. The Kier molecular flexibility index (Phi) is 3.61. The molecule has 1 aliphatic heterocycles. The Labute approximate surface area is 174 Å². The molecule has 5 nitrogen and oxygen atoms in total. The molecule has 0 spiro atoms. The van der Waals surface area contributed by atoms with Gasteiger partial charge in [-0.3, -0.25) is 14.4 Å². The monoisotopic (exact) mass is 398 g/mol. The molecule has 2 aromatic carbocycles. The number of nitrogens with one attached hydrogen (secondary N) is 1. The number of rotatable bonds is 3. The van der Waals surface area contributed by atoms with E-state index < -0.39 is 0 Å². The first kappa shape index (κ1) is 17.6. The van der Waals surface area contributed by atoms with Gasteiger partial charge in [0.15, 0.2) is 0 Å². The van der Waals surface area contributed by atoms with E-state index in [1.165, 1.54) is 4.90 Å². The molecule has 150 valence electrons. The number of benzene rings is 2. The molecule has 5 aliphatic rings. The second-order valence-corrected chi connectivity index (χ2v) is 9.04. The highest BCUT2D eigenvalue weighted by molar-refractivity contribution is 6.23. The zero-order chi connectivity index (χ0) is 20.6. The molecule has 1 N–H and O–H groups in total. The molecule has 2 bridgehead atoms. The van der Waals surface area contributed by atoms with Gasteiger partial charge < -0.3 is 5.32 Å². The molecule has 6 atom stereocenters. The summed E-state index contributed by atoms with van der Waals surface area (Å²) in [7, 11) is 0. The predicted octanol–water partition coefficient (Wildman–Crippen LogP) is 3.80. The highest BCUT2D eigenvalue weighted by atomic mass is 16.2. The van der Waals surface area contributed by atoms with Crippen LogP contribution in [0.4, 0.5) is 11.4 Å². The summed E-state index contributed by atoms with van der Waals surface area (Å²) in [5.41, 5.74) is 2.73. The molecular weight excluding hydrogens is 376 g/mol. The summed E-state index contributed by atoms with van der Waals surface area (Å²) < 4.78 is 0. The fourth-order valence-corrected chi connectivity index (χ4v) is 5.84. The van der Waals surface area contributed by atoms with Crippen LogP contribution in [0, 0.1) is 42.4 Å². The Morgan fingerprint density at radius 1 is 0.933 bits per heavy atom. The first-order chi connectivity index (χ1) is 14.5. The lowest BCUT2D eigenvalue weighted by Crippen LogP contribution is -2.40. The van der Waals surface area contributed by atoms with E-state index >= 15 is 0 Å². The molecule has 2 saturated carbocycles. The maximum atomic E-state index is 13.3. The Hall–Kier alpha value is -3.21. The van der Waals surface area contributed by atoms with Gasteiger partial charge in [0, 0.05) is 11.3 Å². The van der Waals surface area contributed by atoms with Gasteiger partial charge in [0.2, 0.25) is 11.8 Å². The van der Waals surface area contributed by atoms with Crippen molar-refractivity contribution in [3.63, 3.8) is 0 Å². The van der Waals surface area contributed by atoms with Gasteiger partial charge in [0.25, 0.3) is 5.91 Å². The SMILES string of the molecule is Cc1ccc(NC(=O)c2cccc(N3C(=O)[C@H]4[C@@H]5C=C[C@H]([C@H]6C[C@H]56)[C@@H]4C3=O)c2)cc1. The molecule has 1 saturated heterocycles. The maximum absolute atomic E-state index is 13.3.